The molecule has 0 aromatic heterocycles. The number of aryl methyl sites for hydroxylation is 7. The smallest absolute Gasteiger partial charge is 0.131 e. The van der Waals surface area contributed by atoms with E-state index in [0.717, 1.165) is 93.6 Å². The molecule has 11 aromatic carbocycles. The van der Waals surface area contributed by atoms with Gasteiger partial charge in [-0.05, 0) is 331 Å². The molecule has 1 heteroatoms. The Morgan fingerprint density at radius 3 is 0.537 bits per heavy atom. The summed E-state index contributed by atoms with van der Waals surface area (Å²) in [6, 6.07) is 94.3. The molecule has 0 atom stereocenters. The predicted molar refractivity (Wildman–Crippen MR) is 537 cm³/mol. The molecule has 0 bridgehead atoms. The first kappa shape index (κ1) is 90.1. The van der Waals surface area contributed by atoms with Crippen LogP contribution in [0.5, 0.6) is 0 Å². The van der Waals surface area contributed by atoms with Crippen molar-refractivity contribution in [1.29, 1.82) is 0 Å². The summed E-state index contributed by atoms with van der Waals surface area (Å²) in [5, 5.41) is 0. The van der Waals surface area contributed by atoms with Crippen LogP contribution in [0.3, 0.4) is 0 Å². The largest absolute Gasteiger partial charge is 0.206 e. The standard InChI is InChI=1S/C26H27F.2C20H30.2C20H24.C14H14.7H2/c1-18-3-7-20(8-4-18)21-11-13-22(14-12-21)24-15-16-25(26(27)17-24)23-9-5-19(2)6-10-23;4*1-15-3-7-17(8-4-15)19-11-13-20(14-12-19)18-9-5-16(2)6-10-18;1-11-3-7-13(8-4-11)14-9-5-12(2)6-10-14;;;;;;;/h5-6,9-18,20H,3-4,7-8H2,1-2H3;2*3-4,7-8,16,18-20H,5-6,9-14H2,1-2H3;2*3-4,7-8,11-14,16,18H,5-6,9-10H2,1-2H3;3-10H,1-2H3;7*1H. The lowest BCUT2D eigenvalue weighted by Crippen LogP contribution is -2.24. The van der Waals surface area contributed by atoms with Gasteiger partial charge in [0.25, 0.3) is 0 Å². The Morgan fingerprint density at radius 1 is 0.174 bits per heavy atom. The maximum atomic E-state index is 14.7. The van der Waals surface area contributed by atoms with Crippen LogP contribution >= 0.6 is 0 Å². The van der Waals surface area contributed by atoms with Gasteiger partial charge in [0.05, 0.1) is 0 Å². The fraction of sp³-hybridized carbons (Fsp3) is 0.450. The van der Waals surface area contributed by atoms with E-state index < -0.39 is 0 Å². The average molecular weight is 1620 g/mol. The Labute approximate surface area is 744 Å². The van der Waals surface area contributed by atoms with Gasteiger partial charge in [-0.15, -0.1) is 0 Å². The number of hydrogen-bond donors (Lipinski definition) is 0. The first-order valence-electron chi connectivity index (χ1n) is 48.3. The fourth-order valence-electron chi connectivity index (χ4n) is 21.3. The van der Waals surface area contributed by atoms with Crippen LogP contribution in [0.2, 0.25) is 0 Å². The minimum absolute atomic E-state index is 0. The fourth-order valence-corrected chi connectivity index (χ4v) is 21.3. The lowest BCUT2D eigenvalue weighted by atomic mass is 9.68. The Bertz CT molecular complexity index is 4580. The molecule has 0 spiro atoms. The molecule has 121 heavy (non-hydrogen) atoms. The van der Waals surface area contributed by atoms with E-state index in [1.165, 1.54) is 269 Å². The van der Waals surface area contributed by atoms with Gasteiger partial charge in [0.15, 0.2) is 0 Å². The summed E-state index contributed by atoms with van der Waals surface area (Å²) in [5.41, 5.74) is 28.4. The number of hydrogen-bond acceptors (Lipinski definition) is 0. The molecule has 7 fully saturated rings. The molecule has 7 aliphatic carbocycles. The zero-order valence-corrected chi connectivity index (χ0v) is 76.6. The van der Waals surface area contributed by atoms with Crippen LogP contribution in [-0.4, -0.2) is 0 Å². The monoisotopic (exact) mass is 1620 g/mol. The summed E-state index contributed by atoms with van der Waals surface area (Å²) in [6.07, 6.45) is 40.0. The van der Waals surface area contributed by atoms with Gasteiger partial charge in [-0.2, -0.15) is 0 Å². The Kier molecular flexibility index (Phi) is 33.6. The second kappa shape index (κ2) is 45.1. The summed E-state index contributed by atoms with van der Waals surface area (Å²) in [6.45, 7) is 26.9. The SMILES string of the molecule is Cc1ccc(-c2ccc(-c3ccc(C4CCC(C)CC4)cc3)cc2F)cc1.Cc1ccc(-c2ccc(C)cc2)cc1.Cc1ccc(-c2ccc(C3CCC(C)CC3)cc2)cc1.Cc1ccc(-c2ccc(C3CCC(C)CC3)cc2)cc1.Cc1ccc(C2CCC(C3CCC(C)CC3)CC2)cc1.Cc1ccc(C2CCC(C3CCC(C)CC3)CC2)cc1.[HH].[HH].[HH].[HH].[HH].[HH].[HH]. The van der Waals surface area contributed by atoms with Crippen LogP contribution < -0.4 is 0 Å². The van der Waals surface area contributed by atoms with Gasteiger partial charge in [0, 0.05) is 15.5 Å². The highest BCUT2D eigenvalue weighted by molar-refractivity contribution is 5.72. The van der Waals surface area contributed by atoms with Crippen LogP contribution in [0.4, 0.5) is 4.39 Å². The minimum Gasteiger partial charge on any atom is -0.206 e. The van der Waals surface area contributed by atoms with Crippen molar-refractivity contribution in [3.63, 3.8) is 0 Å². The summed E-state index contributed by atoms with van der Waals surface area (Å²) >= 11 is 0. The van der Waals surface area contributed by atoms with Crippen molar-refractivity contribution >= 4 is 0 Å². The molecule has 0 unspecified atom stereocenters. The van der Waals surface area contributed by atoms with E-state index in [1.54, 1.807) is 17.2 Å². The molecule has 7 aliphatic rings. The molecule has 0 saturated heterocycles. The van der Waals surface area contributed by atoms with Crippen molar-refractivity contribution in [2.75, 3.05) is 0 Å². The highest BCUT2D eigenvalue weighted by Gasteiger charge is 2.33. The van der Waals surface area contributed by atoms with Crippen molar-refractivity contribution < 1.29 is 14.4 Å². The zero-order chi connectivity index (χ0) is 84.6. The van der Waals surface area contributed by atoms with Gasteiger partial charge in [-0.1, -0.05) is 393 Å². The van der Waals surface area contributed by atoms with E-state index in [4.69, 9.17) is 0 Å². The summed E-state index contributed by atoms with van der Waals surface area (Å²) in [4.78, 5) is 0. The van der Waals surface area contributed by atoms with Crippen molar-refractivity contribution in [2.45, 2.75) is 292 Å². The highest BCUT2D eigenvalue weighted by Crippen LogP contribution is 2.47. The van der Waals surface area contributed by atoms with Gasteiger partial charge < -0.3 is 0 Å². The molecule has 0 N–H and O–H groups in total. The van der Waals surface area contributed by atoms with Crippen LogP contribution in [0, 0.1) is 108 Å². The van der Waals surface area contributed by atoms with Gasteiger partial charge in [-0.25, -0.2) is 4.39 Å². The predicted octanol–water partition coefficient (Wildman–Crippen LogP) is 37.6. The van der Waals surface area contributed by atoms with E-state index in [0.29, 0.717) is 11.5 Å². The van der Waals surface area contributed by atoms with Crippen molar-refractivity contribution in [2.24, 2.45) is 53.3 Å². The molecule has 650 valence electrons. The van der Waals surface area contributed by atoms with E-state index in [2.05, 4.69) is 295 Å². The van der Waals surface area contributed by atoms with Crippen molar-refractivity contribution in [1.82, 2.24) is 0 Å². The van der Waals surface area contributed by atoms with E-state index in [-0.39, 0.29) is 15.8 Å². The lowest BCUT2D eigenvalue weighted by Gasteiger charge is -2.37. The number of benzene rings is 11. The Balaban J connectivity index is 0.000000236. The van der Waals surface area contributed by atoms with Gasteiger partial charge in [-0.3, -0.25) is 0 Å². The minimum atomic E-state index is -0.165. The Hall–Kier alpha value is -8.65. The molecule has 0 radical (unpaired) electrons. The third-order valence-electron chi connectivity index (χ3n) is 30.2. The molecule has 7 saturated carbocycles. The molecule has 0 nitrogen and oxygen atoms in total. The molecular weight excluding hydrogens is 1460 g/mol. The number of halogens is 1. The van der Waals surface area contributed by atoms with Crippen molar-refractivity contribution in [3.05, 3.63) is 333 Å². The second-order valence-electron chi connectivity index (χ2n) is 39.8. The summed E-state index contributed by atoms with van der Waals surface area (Å²) in [5.74, 6) is 12.7. The van der Waals surface area contributed by atoms with Gasteiger partial charge in [0.2, 0.25) is 0 Å². The number of rotatable bonds is 12. The van der Waals surface area contributed by atoms with Gasteiger partial charge >= 0.3 is 0 Å². The van der Waals surface area contributed by atoms with Crippen LogP contribution in [-0.2, 0) is 0 Å². The first-order valence-corrected chi connectivity index (χ1v) is 48.3. The quantitative estimate of drug-likeness (QED) is 0.114. The van der Waals surface area contributed by atoms with Crippen LogP contribution in [0.25, 0.3) is 55.6 Å². The third-order valence-corrected chi connectivity index (χ3v) is 30.2. The maximum Gasteiger partial charge on any atom is 0.131 e. The third kappa shape index (κ3) is 26.9. The van der Waals surface area contributed by atoms with Crippen LogP contribution in [0.15, 0.2) is 261 Å². The second-order valence-corrected chi connectivity index (χ2v) is 39.8. The maximum absolute atomic E-state index is 14.7. The van der Waals surface area contributed by atoms with E-state index in [9.17, 15) is 4.39 Å². The molecular formula is C120H163F. The molecule has 11 aromatic rings. The van der Waals surface area contributed by atoms with Crippen molar-refractivity contribution in [3.8, 4) is 55.6 Å². The highest BCUT2D eigenvalue weighted by atomic mass is 19.1. The van der Waals surface area contributed by atoms with Gasteiger partial charge in [0.1, 0.15) is 5.82 Å². The topological polar surface area (TPSA) is 0 Å². The molecule has 18 rings (SSSR count). The summed E-state index contributed by atoms with van der Waals surface area (Å²) in [7, 11) is 0. The molecule has 0 heterocycles. The lowest BCUT2D eigenvalue weighted by molar-refractivity contribution is 0.165. The van der Waals surface area contributed by atoms with E-state index >= 15 is 0 Å². The summed E-state index contributed by atoms with van der Waals surface area (Å²) < 4.78 is 14.7. The average Bonchev–Trinajstić information content (AvgIpc) is 0.532. The normalized spacial score (nSPS) is 24.6. The Morgan fingerprint density at radius 2 is 0.322 bits per heavy atom. The first-order chi connectivity index (χ1) is 58.7. The van der Waals surface area contributed by atoms with Crippen LogP contribution in [0.1, 0.15) is 321 Å². The molecule has 0 amide bonds. The zero-order valence-electron chi connectivity index (χ0n) is 76.6. The van der Waals surface area contributed by atoms with E-state index in [1.807, 2.05) is 43.3 Å². The molecule has 0 aliphatic heterocycles.